The van der Waals surface area contributed by atoms with Crippen molar-refractivity contribution in [1.29, 1.82) is 0 Å². The Morgan fingerprint density at radius 3 is 2.73 bits per heavy atom. The van der Waals surface area contributed by atoms with Crippen LogP contribution in [0.15, 0.2) is 66.5 Å². The molecule has 2 fully saturated rings. The predicted molar refractivity (Wildman–Crippen MR) is 105 cm³/mol. The maximum absolute atomic E-state index is 10.3. The van der Waals surface area contributed by atoms with Gasteiger partial charge in [-0.15, -0.1) is 0 Å². The number of hydrogen-bond donors (Lipinski definition) is 2. The van der Waals surface area contributed by atoms with E-state index in [2.05, 4.69) is 12.2 Å². The van der Waals surface area contributed by atoms with Crippen LogP contribution in [-0.4, -0.2) is 28.5 Å². The molecule has 0 saturated carbocycles. The van der Waals surface area contributed by atoms with E-state index in [1.807, 2.05) is 49.4 Å². The molecule has 2 aliphatic rings. The molecule has 2 aliphatic heterocycles. The summed E-state index contributed by atoms with van der Waals surface area (Å²) in [5.41, 5.74) is 1.15. The molecule has 5 atom stereocenters. The summed E-state index contributed by atoms with van der Waals surface area (Å²) in [6.45, 7) is 1.84. The highest BCUT2D eigenvalue weighted by molar-refractivity contribution is 5.17. The summed E-state index contributed by atoms with van der Waals surface area (Å²) in [6, 6.07) is 10.1. The smallest absolute Gasteiger partial charge is 0.0917 e. The Hall–Kier alpha value is -1.84. The molecule has 140 valence electrons. The Bertz CT molecular complexity index is 647. The summed E-state index contributed by atoms with van der Waals surface area (Å²) < 4.78 is 6.12. The van der Waals surface area contributed by atoms with Crippen LogP contribution in [-0.2, 0) is 11.2 Å². The van der Waals surface area contributed by atoms with Gasteiger partial charge in [-0.3, -0.25) is 0 Å². The van der Waals surface area contributed by atoms with Gasteiger partial charge in [0.25, 0.3) is 0 Å². The van der Waals surface area contributed by atoms with Gasteiger partial charge in [-0.05, 0) is 43.7 Å². The van der Waals surface area contributed by atoms with Gasteiger partial charge in [0, 0.05) is 18.8 Å². The molecule has 0 aliphatic carbocycles. The molecule has 1 unspecified atom stereocenters. The topological polar surface area (TPSA) is 49.7 Å². The highest BCUT2D eigenvalue weighted by Gasteiger charge is 2.46. The molecule has 2 saturated heterocycles. The summed E-state index contributed by atoms with van der Waals surface area (Å²) in [5, 5.41) is 19.9. The molecule has 0 spiro atoms. The molecule has 1 aromatic rings. The molecule has 0 aromatic heterocycles. The van der Waals surface area contributed by atoms with Gasteiger partial charge >= 0.3 is 0 Å². The van der Waals surface area contributed by atoms with Crippen LogP contribution in [0.25, 0.3) is 0 Å². The van der Waals surface area contributed by atoms with Crippen LogP contribution in [0.4, 0.5) is 0 Å². The van der Waals surface area contributed by atoms with E-state index >= 15 is 0 Å². The van der Waals surface area contributed by atoms with Gasteiger partial charge in [-0.1, -0.05) is 54.6 Å². The Morgan fingerprint density at radius 1 is 1.19 bits per heavy atom. The van der Waals surface area contributed by atoms with Crippen molar-refractivity contribution in [2.24, 2.45) is 11.8 Å². The van der Waals surface area contributed by atoms with Gasteiger partial charge in [0.15, 0.2) is 0 Å². The average molecular weight is 354 g/mol. The molecule has 1 aromatic carbocycles. The highest BCUT2D eigenvalue weighted by Crippen LogP contribution is 2.45. The lowest BCUT2D eigenvalue weighted by Gasteiger charge is -2.25. The van der Waals surface area contributed by atoms with Gasteiger partial charge in [0.2, 0.25) is 0 Å². The number of allylic oxidation sites excluding steroid dienone is 3. The number of fused-ring (bicyclic) bond motifs is 2. The average Bonchev–Trinajstić information content (AvgIpc) is 3.25. The number of benzene rings is 1. The Kier molecular flexibility index (Phi) is 6.70. The second kappa shape index (κ2) is 9.20. The molecule has 2 heterocycles. The van der Waals surface area contributed by atoms with Crippen molar-refractivity contribution >= 4 is 0 Å². The van der Waals surface area contributed by atoms with Crippen LogP contribution in [0.2, 0.25) is 0 Å². The number of rotatable bonds is 8. The lowest BCUT2D eigenvalue weighted by molar-refractivity contribution is 0.0899. The minimum atomic E-state index is -0.459. The fourth-order valence-corrected chi connectivity index (χ4v) is 4.14. The molecule has 2 N–H and O–H groups in total. The number of ether oxygens (including phenoxy) is 1. The van der Waals surface area contributed by atoms with Crippen molar-refractivity contribution in [3.63, 3.8) is 0 Å². The quantitative estimate of drug-likeness (QED) is 0.524. The maximum atomic E-state index is 10.3. The summed E-state index contributed by atoms with van der Waals surface area (Å²) in [6.07, 6.45) is 14.7. The third kappa shape index (κ3) is 4.87. The summed E-state index contributed by atoms with van der Waals surface area (Å²) in [4.78, 5) is 0. The Morgan fingerprint density at radius 2 is 1.96 bits per heavy atom. The first-order valence-corrected chi connectivity index (χ1v) is 9.72. The van der Waals surface area contributed by atoms with Crippen LogP contribution in [0.5, 0.6) is 0 Å². The van der Waals surface area contributed by atoms with Crippen molar-refractivity contribution in [3.8, 4) is 0 Å². The SMILES string of the molecule is C/C=C(/O)C/C=C\C[C@@H]1[C@H](/C=C/C(O)Cc2ccccc2)[C@@H]2CC[C@H]1O2. The highest BCUT2D eigenvalue weighted by atomic mass is 16.5. The molecule has 0 amide bonds. The van der Waals surface area contributed by atoms with Crippen molar-refractivity contribution in [2.75, 3.05) is 0 Å². The molecule has 0 radical (unpaired) electrons. The van der Waals surface area contributed by atoms with Gasteiger partial charge in [-0.25, -0.2) is 0 Å². The van der Waals surface area contributed by atoms with E-state index in [1.165, 1.54) is 0 Å². The fourth-order valence-electron chi connectivity index (χ4n) is 4.14. The van der Waals surface area contributed by atoms with E-state index in [4.69, 9.17) is 4.74 Å². The van der Waals surface area contributed by atoms with Gasteiger partial charge in [0.05, 0.1) is 24.1 Å². The van der Waals surface area contributed by atoms with E-state index in [0.717, 1.165) is 24.8 Å². The number of hydrogen-bond acceptors (Lipinski definition) is 3. The lowest BCUT2D eigenvalue weighted by atomic mass is 9.77. The van der Waals surface area contributed by atoms with E-state index in [9.17, 15) is 10.2 Å². The van der Waals surface area contributed by atoms with Crippen LogP contribution in [0, 0.1) is 11.8 Å². The first-order chi connectivity index (χ1) is 12.7. The minimum Gasteiger partial charge on any atom is -0.512 e. The number of aliphatic hydroxyl groups excluding tert-OH is 2. The minimum absolute atomic E-state index is 0.294. The maximum Gasteiger partial charge on any atom is 0.0917 e. The Labute approximate surface area is 156 Å². The zero-order valence-corrected chi connectivity index (χ0v) is 15.5. The second-order valence-electron chi connectivity index (χ2n) is 7.36. The summed E-state index contributed by atoms with van der Waals surface area (Å²) in [7, 11) is 0. The van der Waals surface area contributed by atoms with Crippen LogP contribution < -0.4 is 0 Å². The van der Waals surface area contributed by atoms with E-state index < -0.39 is 6.10 Å². The van der Waals surface area contributed by atoms with E-state index in [0.29, 0.717) is 42.6 Å². The molecule has 3 rings (SSSR count). The van der Waals surface area contributed by atoms with Gasteiger partial charge in [0.1, 0.15) is 0 Å². The molecule has 2 bridgehead atoms. The van der Waals surface area contributed by atoms with E-state index in [1.54, 1.807) is 6.08 Å². The summed E-state index contributed by atoms with van der Waals surface area (Å²) >= 11 is 0. The zero-order chi connectivity index (χ0) is 18.4. The molecular weight excluding hydrogens is 324 g/mol. The normalized spacial score (nSPS) is 29.8. The molecule has 3 heteroatoms. The van der Waals surface area contributed by atoms with Crippen molar-refractivity contribution in [1.82, 2.24) is 0 Å². The van der Waals surface area contributed by atoms with Crippen molar-refractivity contribution < 1.29 is 14.9 Å². The van der Waals surface area contributed by atoms with Crippen molar-refractivity contribution in [3.05, 3.63) is 72.0 Å². The van der Waals surface area contributed by atoms with Crippen LogP contribution in [0.3, 0.4) is 0 Å². The lowest BCUT2D eigenvalue weighted by Crippen LogP contribution is -2.25. The van der Waals surface area contributed by atoms with Crippen molar-refractivity contribution in [2.45, 2.75) is 57.3 Å². The predicted octanol–water partition coefficient (Wildman–Crippen LogP) is 4.74. The third-order valence-corrected chi connectivity index (χ3v) is 5.56. The van der Waals surface area contributed by atoms with Gasteiger partial charge in [-0.2, -0.15) is 0 Å². The monoisotopic (exact) mass is 354 g/mol. The molecule has 3 nitrogen and oxygen atoms in total. The number of aliphatic hydroxyl groups is 2. The summed E-state index contributed by atoms with van der Waals surface area (Å²) in [5.74, 6) is 1.25. The third-order valence-electron chi connectivity index (χ3n) is 5.56. The fraction of sp³-hybridized carbons (Fsp3) is 0.478. The van der Waals surface area contributed by atoms with Gasteiger partial charge < -0.3 is 14.9 Å². The second-order valence-corrected chi connectivity index (χ2v) is 7.36. The first kappa shape index (κ1) is 18.9. The van der Waals surface area contributed by atoms with E-state index in [-0.39, 0.29) is 0 Å². The standard InChI is InChI=1S/C23H30O3/c1-2-18(24)10-6-7-11-20-21(23-15-14-22(20)26-23)13-12-19(25)16-17-8-4-3-5-9-17/h2-9,12-13,19-25H,10-11,14-16H2,1H3/b7-6-,13-12+,18-2+/t19?,20-,21+,22-,23+/m1/s1. The largest absolute Gasteiger partial charge is 0.512 e. The first-order valence-electron chi connectivity index (χ1n) is 9.72. The molecule has 26 heavy (non-hydrogen) atoms. The zero-order valence-electron chi connectivity index (χ0n) is 15.5. The van der Waals surface area contributed by atoms with Crippen LogP contribution >= 0.6 is 0 Å². The molecular formula is C23H30O3. The van der Waals surface area contributed by atoms with Crippen LogP contribution in [0.1, 0.15) is 38.2 Å². The Balaban J connectivity index is 1.56.